The average molecular weight is 444 g/mol. The van der Waals surface area contributed by atoms with Gasteiger partial charge in [-0.2, -0.15) is 0 Å². The van der Waals surface area contributed by atoms with Crippen molar-refractivity contribution in [1.82, 2.24) is 4.98 Å². The summed E-state index contributed by atoms with van der Waals surface area (Å²) in [5.41, 5.74) is 4.87. The van der Waals surface area contributed by atoms with E-state index in [9.17, 15) is 4.79 Å². The number of anilines is 2. The molecular weight excluding hydrogens is 418 g/mol. The van der Waals surface area contributed by atoms with Gasteiger partial charge in [-0.25, -0.2) is 9.78 Å². The van der Waals surface area contributed by atoms with E-state index in [1.54, 1.807) is 0 Å². The Hall–Kier alpha value is -3.64. The van der Waals surface area contributed by atoms with Crippen molar-refractivity contribution in [2.75, 3.05) is 17.2 Å². The number of carbonyl (C=O) groups is 1. The summed E-state index contributed by atoms with van der Waals surface area (Å²) in [6.07, 6.45) is 2.12. The molecule has 0 aliphatic heterocycles. The minimum absolute atomic E-state index is 0.329. The zero-order chi connectivity index (χ0) is 22.2. The predicted molar refractivity (Wildman–Crippen MR) is 132 cm³/mol. The van der Waals surface area contributed by atoms with E-state index in [0.29, 0.717) is 17.4 Å². The Morgan fingerprint density at radius 2 is 1.56 bits per heavy atom. The van der Waals surface area contributed by atoms with Gasteiger partial charge in [0.25, 0.3) is 0 Å². The predicted octanol–water partition coefficient (Wildman–Crippen LogP) is 7.30. The summed E-state index contributed by atoms with van der Waals surface area (Å²) in [6, 6.07) is 25.5. The molecule has 32 heavy (non-hydrogen) atoms. The second kappa shape index (κ2) is 10.6. The SMILES string of the molecule is CCCCOc1ccc(NC(=O)Nc2nc(-c3ccc(-c4ccccc4)cc3)cs2)cc1. The van der Waals surface area contributed by atoms with E-state index in [4.69, 9.17) is 4.74 Å². The molecule has 2 N–H and O–H groups in total. The largest absolute Gasteiger partial charge is 0.494 e. The van der Waals surface area contributed by atoms with Crippen LogP contribution in [0.5, 0.6) is 5.75 Å². The normalized spacial score (nSPS) is 10.5. The zero-order valence-electron chi connectivity index (χ0n) is 17.9. The number of hydrogen-bond acceptors (Lipinski definition) is 4. The third-order valence-electron chi connectivity index (χ3n) is 4.89. The third-order valence-corrected chi connectivity index (χ3v) is 5.65. The molecule has 4 aromatic rings. The highest BCUT2D eigenvalue weighted by molar-refractivity contribution is 7.14. The maximum Gasteiger partial charge on any atom is 0.325 e. The molecule has 0 atom stereocenters. The molecule has 0 saturated carbocycles. The van der Waals surface area contributed by atoms with Gasteiger partial charge in [-0.3, -0.25) is 5.32 Å². The minimum Gasteiger partial charge on any atom is -0.494 e. The summed E-state index contributed by atoms with van der Waals surface area (Å²) in [6.45, 7) is 2.83. The second-order valence-electron chi connectivity index (χ2n) is 7.29. The monoisotopic (exact) mass is 443 g/mol. The minimum atomic E-state index is -0.329. The lowest BCUT2D eigenvalue weighted by Crippen LogP contribution is -2.19. The molecule has 0 spiro atoms. The van der Waals surface area contributed by atoms with Gasteiger partial charge in [0, 0.05) is 16.6 Å². The number of urea groups is 1. The Balaban J connectivity index is 1.33. The molecule has 0 aliphatic carbocycles. The van der Waals surface area contributed by atoms with Crippen LogP contribution < -0.4 is 15.4 Å². The summed E-state index contributed by atoms with van der Waals surface area (Å²) < 4.78 is 5.64. The van der Waals surface area contributed by atoms with E-state index in [0.717, 1.165) is 35.4 Å². The highest BCUT2D eigenvalue weighted by Crippen LogP contribution is 2.28. The molecular formula is C26H25N3O2S. The van der Waals surface area contributed by atoms with Crippen LogP contribution in [0.4, 0.5) is 15.6 Å². The molecule has 0 bridgehead atoms. The lowest BCUT2D eigenvalue weighted by molar-refractivity contribution is 0.262. The van der Waals surface area contributed by atoms with Crippen molar-refractivity contribution < 1.29 is 9.53 Å². The van der Waals surface area contributed by atoms with Crippen molar-refractivity contribution >= 4 is 28.2 Å². The molecule has 1 heterocycles. The van der Waals surface area contributed by atoms with Crippen LogP contribution in [0.3, 0.4) is 0 Å². The standard InChI is InChI=1S/C26H25N3O2S/c1-2-3-17-31-23-15-13-22(14-16-23)27-25(30)29-26-28-24(18-32-26)21-11-9-20(10-12-21)19-7-5-4-6-8-19/h4-16,18H,2-3,17H2,1H3,(H2,27,28,29,30). The molecule has 0 fully saturated rings. The summed E-state index contributed by atoms with van der Waals surface area (Å²) in [7, 11) is 0. The van der Waals surface area contributed by atoms with E-state index in [1.165, 1.54) is 16.9 Å². The molecule has 6 heteroatoms. The molecule has 2 amide bonds. The van der Waals surface area contributed by atoms with Crippen LogP contribution in [0, 0.1) is 0 Å². The smallest absolute Gasteiger partial charge is 0.325 e. The van der Waals surface area contributed by atoms with Gasteiger partial charge in [0.05, 0.1) is 12.3 Å². The average Bonchev–Trinajstić information content (AvgIpc) is 3.29. The number of unbranched alkanes of at least 4 members (excludes halogenated alkanes) is 1. The van der Waals surface area contributed by atoms with E-state index < -0.39 is 0 Å². The first-order valence-electron chi connectivity index (χ1n) is 10.6. The fourth-order valence-corrected chi connectivity index (χ4v) is 3.87. The zero-order valence-corrected chi connectivity index (χ0v) is 18.7. The van der Waals surface area contributed by atoms with E-state index in [2.05, 4.69) is 46.8 Å². The van der Waals surface area contributed by atoms with E-state index in [1.807, 2.05) is 60.0 Å². The van der Waals surface area contributed by atoms with Crippen molar-refractivity contribution in [2.45, 2.75) is 19.8 Å². The Morgan fingerprint density at radius 1 is 0.875 bits per heavy atom. The van der Waals surface area contributed by atoms with Gasteiger partial charge in [0.2, 0.25) is 0 Å². The number of hydrogen-bond donors (Lipinski definition) is 2. The summed E-state index contributed by atoms with van der Waals surface area (Å²) in [5, 5.41) is 8.11. The Morgan fingerprint density at radius 3 is 2.28 bits per heavy atom. The van der Waals surface area contributed by atoms with Crippen molar-refractivity contribution in [3.8, 4) is 28.1 Å². The van der Waals surface area contributed by atoms with Crippen LogP contribution in [0.1, 0.15) is 19.8 Å². The summed E-state index contributed by atoms with van der Waals surface area (Å²) >= 11 is 1.39. The quantitative estimate of drug-likeness (QED) is 0.281. The molecule has 0 unspecified atom stereocenters. The second-order valence-corrected chi connectivity index (χ2v) is 8.14. The van der Waals surface area contributed by atoms with Gasteiger partial charge >= 0.3 is 6.03 Å². The molecule has 0 aliphatic rings. The van der Waals surface area contributed by atoms with Crippen LogP contribution in [0.15, 0.2) is 84.2 Å². The first-order chi connectivity index (χ1) is 15.7. The highest BCUT2D eigenvalue weighted by Gasteiger charge is 2.09. The Kier molecular flexibility index (Phi) is 7.15. The molecule has 4 rings (SSSR count). The van der Waals surface area contributed by atoms with Gasteiger partial charge in [-0.05, 0) is 41.8 Å². The first-order valence-corrected chi connectivity index (χ1v) is 11.5. The molecule has 1 aromatic heterocycles. The Labute approximate surface area is 192 Å². The van der Waals surface area contributed by atoms with Crippen LogP contribution in [0.2, 0.25) is 0 Å². The lowest BCUT2D eigenvalue weighted by atomic mass is 10.0. The molecule has 5 nitrogen and oxygen atoms in total. The topological polar surface area (TPSA) is 63.2 Å². The number of nitrogens with zero attached hydrogens (tertiary/aromatic N) is 1. The highest BCUT2D eigenvalue weighted by atomic mass is 32.1. The molecule has 3 aromatic carbocycles. The van der Waals surface area contributed by atoms with Gasteiger partial charge in [-0.15, -0.1) is 11.3 Å². The number of aromatic nitrogens is 1. The third kappa shape index (κ3) is 5.74. The summed E-state index contributed by atoms with van der Waals surface area (Å²) in [4.78, 5) is 16.9. The number of benzene rings is 3. The van der Waals surface area contributed by atoms with Crippen molar-refractivity contribution in [1.29, 1.82) is 0 Å². The maximum absolute atomic E-state index is 12.3. The van der Waals surface area contributed by atoms with Gasteiger partial charge < -0.3 is 10.1 Å². The van der Waals surface area contributed by atoms with Crippen LogP contribution in [-0.2, 0) is 0 Å². The number of nitrogens with one attached hydrogen (secondary N) is 2. The van der Waals surface area contributed by atoms with Crippen LogP contribution in [0.25, 0.3) is 22.4 Å². The van der Waals surface area contributed by atoms with Gasteiger partial charge in [0.15, 0.2) is 5.13 Å². The molecule has 0 saturated heterocycles. The molecule has 0 radical (unpaired) electrons. The fourth-order valence-electron chi connectivity index (χ4n) is 3.16. The van der Waals surface area contributed by atoms with Crippen LogP contribution in [-0.4, -0.2) is 17.6 Å². The fraction of sp³-hybridized carbons (Fsp3) is 0.154. The van der Waals surface area contributed by atoms with Crippen molar-refractivity contribution in [3.05, 3.63) is 84.2 Å². The molecule has 162 valence electrons. The van der Waals surface area contributed by atoms with Crippen molar-refractivity contribution in [3.63, 3.8) is 0 Å². The van der Waals surface area contributed by atoms with Crippen LogP contribution >= 0.6 is 11.3 Å². The summed E-state index contributed by atoms with van der Waals surface area (Å²) in [5.74, 6) is 0.798. The maximum atomic E-state index is 12.3. The first kappa shape index (κ1) is 21.6. The number of carbonyl (C=O) groups excluding carboxylic acids is 1. The van der Waals surface area contributed by atoms with Gasteiger partial charge in [-0.1, -0.05) is 67.9 Å². The Bertz CT molecular complexity index is 1140. The number of amides is 2. The number of thiazole rings is 1. The van der Waals surface area contributed by atoms with Gasteiger partial charge in [0.1, 0.15) is 5.75 Å². The van der Waals surface area contributed by atoms with E-state index >= 15 is 0 Å². The van der Waals surface area contributed by atoms with Crippen molar-refractivity contribution in [2.24, 2.45) is 0 Å². The van der Waals surface area contributed by atoms with E-state index in [-0.39, 0.29) is 6.03 Å². The number of ether oxygens (including phenoxy) is 1. The lowest BCUT2D eigenvalue weighted by Gasteiger charge is -2.08. The number of rotatable bonds is 8.